The summed E-state index contributed by atoms with van der Waals surface area (Å²) in [5.74, 6) is 2.22. The Morgan fingerprint density at radius 2 is 1.81 bits per heavy atom. The zero-order chi connectivity index (χ0) is 22.2. The summed E-state index contributed by atoms with van der Waals surface area (Å²) in [7, 11) is 0. The summed E-state index contributed by atoms with van der Waals surface area (Å²) in [6.45, 7) is 3.97. The Labute approximate surface area is 188 Å². The van der Waals surface area contributed by atoms with E-state index in [-0.39, 0.29) is 11.8 Å². The molecule has 1 saturated heterocycles. The fourth-order valence-electron chi connectivity index (χ4n) is 3.89. The molecule has 0 atom stereocenters. The van der Waals surface area contributed by atoms with Crippen LogP contribution in [-0.2, 0) is 0 Å². The number of ether oxygens (including phenoxy) is 1. The molecular formula is C25H29N5O2. The maximum atomic E-state index is 12.9. The number of hydrogen-bond acceptors (Lipinski definition) is 6. The number of nitrogens with one attached hydrogen (secondary N) is 2. The monoisotopic (exact) mass is 431 g/mol. The number of carbonyl (C=O) groups excluding carboxylic acids is 1. The fourth-order valence-corrected chi connectivity index (χ4v) is 3.89. The van der Waals surface area contributed by atoms with E-state index in [9.17, 15) is 4.79 Å². The lowest BCUT2D eigenvalue weighted by molar-refractivity contribution is 0.0693. The van der Waals surface area contributed by atoms with Gasteiger partial charge in [0, 0.05) is 31.2 Å². The van der Waals surface area contributed by atoms with Crippen LogP contribution in [0.25, 0.3) is 0 Å². The largest absolute Gasteiger partial charge is 0.438 e. The highest BCUT2D eigenvalue weighted by molar-refractivity contribution is 5.96. The summed E-state index contributed by atoms with van der Waals surface area (Å²) in [5.41, 5.74) is 4.32. The first kappa shape index (κ1) is 21.8. The molecule has 1 aliphatic heterocycles. The van der Waals surface area contributed by atoms with Gasteiger partial charge in [-0.2, -0.15) is 0 Å². The quantitative estimate of drug-likeness (QED) is 0.512. The van der Waals surface area contributed by atoms with Gasteiger partial charge in [0.15, 0.2) is 0 Å². The molecule has 3 aromatic rings. The third-order valence-corrected chi connectivity index (χ3v) is 5.59. The summed E-state index contributed by atoms with van der Waals surface area (Å²) in [5, 5.41) is 5.23. The molecule has 0 spiro atoms. The molecule has 166 valence electrons. The van der Waals surface area contributed by atoms with Crippen molar-refractivity contribution in [3.8, 4) is 11.6 Å². The van der Waals surface area contributed by atoms with Crippen LogP contribution in [0.15, 0.2) is 67.0 Å². The molecular weight excluding hydrogens is 402 g/mol. The Hall–Kier alpha value is -3.45. The summed E-state index contributed by atoms with van der Waals surface area (Å²) >= 11 is 0. The van der Waals surface area contributed by atoms with Gasteiger partial charge in [0.05, 0.1) is 0 Å². The van der Waals surface area contributed by atoms with Gasteiger partial charge in [0.25, 0.3) is 5.91 Å². The van der Waals surface area contributed by atoms with E-state index in [1.54, 1.807) is 24.5 Å². The number of piperidine rings is 1. The van der Waals surface area contributed by atoms with Gasteiger partial charge in [-0.15, -0.1) is 0 Å². The maximum Gasteiger partial charge on any atom is 0.271 e. The highest BCUT2D eigenvalue weighted by atomic mass is 16.5. The van der Waals surface area contributed by atoms with E-state index in [4.69, 9.17) is 4.74 Å². The Balaban J connectivity index is 1.37. The zero-order valence-corrected chi connectivity index (χ0v) is 18.3. The lowest BCUT2D eigenvalue weighted by Gasteiger charge is -2.31. The van der Waals surface area contributed by atoms with Crippen molar-refractivity contribution in [1.82, 2.24) is 20.4 Å². The van der Waals surface area contributed by atoms with Crippen LogP contribution < -0.4 is 15.5 Å². The van der Waals surface area contributed by atoms with Crippen molar-refractivity contribution in [1.29, 1.82) is 0 Å². The molecule has 0 radical (unpaired) electrons. The van der Waals surface area contributed by atoms with Crippen LogP contribution in [0.3, 0.4) is 0 Å². The number of hydrogen-bond donors (Lipinski definition) is 2. The minimum Gasteiger partial charge on any atom is -0.438 e. The molecule has 1 fully saturated rings. The summed E-state index contributed by atoms with van der Waals surface area (Å²) in [6.07, 6.45) is 8.07. The lowest BCUT2D eigenvalue weighted by atomic mass is 9.93. The minimum absolute atomic E-state index is 0.199. The number of benzene rings is 1. The molecule has 1 aliphatic rings. The average Bonchev–Trinajstić information content (AvgIpc) is 2.83. The van der Waals surface area contributed by atoms with Crippen LogP contribution in [0.5, 0.6) is 11.6 Å². The molecule has 0 bridgehead atoms. The predicted molar refractivity (Wildman–Crippen MR) is 125 cm³/mol. The van der Waals surface area contributed by atoms with Gasteiger partial charge in [-0.25, -0.2) is 15.0 Å². The highest BCUT2D eigenvalue weighted by Crippen LogP contribution is 2.26. The van der Waals surface area contributed by atoms with E-state index in [0.717, 1.165) is 43.4 Å². The van der Waals surface area contributed by atoms with E-state index in [0.29, 0.717) is 11.3 Å². The van der Waals surface area contributed by atoms with Crippen LogP contribution in [-0.4, -0.2) is 34.0 Å². The number of carbonyl (C=O) groups is 1. The van der Waals surface area contributed by atoms with E-state index < -0.39 is 0 Å². The Bertz CT molecular complexity index is 1000. The number of hydrazine groups is 1. The van der Waals surface area contributed by atoms with Crippen LogP contribution in [0.2, 0.25) is 0 Å². The van der Waals surface area contributed by atoms with Crippen molar-refractivity contribution in [2.24, 2.45) is 5.92 Å². The fraction of sp³-hybridized carbons (Fsp3) is 0.320. The second-order valence-corrected chi connectivity index (χ2v) is 7.98. The molecule has 2 N–H and O–H groups in total. The average molecular weight is 432 g/mol. The van der Waals surface area contributed by atoms with Gasteiger partial charge >= 0.3 is 0 Å². The maximum absolute atomic E-state index is 12.9. The van der Waals surface area contributed by atoms with E-state index in [2.05, 4.69) is 27.6 Å². The molecule has 7 nitrogen and oxygen atoms in total. The van der Waals surface area contributed by atoms with Crippen LogP contribution >= 0.6 is 0 Å². The third kappa shape index (κ3) is 5.82. The zero-order valence-electron chi connectivity index (χ0n) is 18.3. The number of aromatic nitrogens is 2. The molecule has 32 heavy (non-hydrogen) atoms. The first-order chi connectivity index (χ1) is 15.7. The summed E-state index contributed by atoms with van der Waals surface area (Å²) in [6, 6.07) is 16.6. The van der Waals surface area contributed by atoms with E-state index in [1.165, 1.54) is 12.8 Å². The topological polar surface area (TPSA) is 79.4 Å². The van der Waals surface area contributed by atoms with Gasteiger partial charge < -0.3 is 10.1 Å². The molecule has 3 heterocycles. The summed E-state index contributed by atoms with van der Waals surface area (Å²) < 4.78 is 5.94. The number of nitrogens with zero attached hydrogens (tertiary/aromatic N) is 3. The van der Waals surface area contributed by atoms with Crippen molar-refractivity contribution in [3.63, 3.8) is 0 Å². The van der Waals surface area contributed by atoms with Gasteiger partial charge in [-0.1, -0.05) is 25.8 Å². The van der Waals surface area contributed by atoms with Gasteiger partial charge in [-0.05, 0) is 67.3 Å². The standard InChI is InChI=1S/C25H29N5O2/c1-2-6-19-13-17-30(18-14-19)29-24(31)22-7-5-16-27-25(22)32-21-11-9-20(10-12-21)28-23-8-3-4-15-26-23/h3-5,7-12,15-16,19H,2,6,13-14,17-18H2,1H3,(H,26,28)(H,29,31). The first-order valence-corrected chi connectivity index (χ1v) is 11.2. The van der Waals surface area contributed by atoms with Gasteiger partial charge in [-0.3, -0.25) is 10.2 Å². The molecule has 1 aromatic carbocycles. The smallest absolute Gasteiger partial charge is 0.271 e. The number of anilines is 2. The molecule has 0 unspecified atom stereocenters. The Morgan fingerprint density at radius 1 is 1.03 bits per heavy atom. The molecule has 0 aliphatic carbocycles. The molecule has 7 heteroatoms. The van der Waals surface area contributed by atoms with Crippen molar-refractivity contribution in [3.05, 3.63) is 72.6 Å². The summed E-state index contributed by atoms with van der Waals surface area (Å²) in [4.78, 5) is 21.4. The van der Waals surface area contributed by atoms with Crippen molar-refractivity contribution in [2.75, 3.05) is 18.4 Å². The molecule has 0 saturated carbocycles. The van der Waals surface area contributed by atoms with E-state index >= 15 is 0 Å². The predicted octanol–water partition coefficient (Wildman–Crippen LogP) is 5.17. The molecule has 4 rings (SSSR count). The number of amides is 1. The highest BCUT2D eigenvalue weighted by Gasteiger charge is 2.22. The normalized spacial score (nSPS) is 14.7. The molecule has 2 aromatic heterocycles. The van der Waals surface area contributed by atoms with Crippen LogP contribution in [0, 0.1) is 5.92 Å². The van der Waals surface area contributed by atoms with E-state index in [1.807, 2.05) is 47.5 Å². The number of rotatable bonds is 8. The SMILES string of the molecule is CCCC1CCN(NC(=O)c2cccnc2Oc2ccc(Nc3ccccn3)cc2)CC1. The number of pyridine rings is 2. The Kier molecular flexibility index (Phi) is 7.30. The van der Waals surface area contributed by atoms with Crippen molar-refractivity contribution >= 4 is 17.4 Å². The lowest BCUT2D eigenvalue weighted by Crippen LogP contribution is -2.46. The Morgan fingerprint density at radius 3 is 2.53 bits per heavy atom. The van der Waals surface area contributed by atoms with Crippen molar-refractivity contribution < 1.29 is 9.53 Å². The van der Waals surface area contributed by atoms with Gasteiger partial charge in [0.2, 0.25) is 5.88 Å². The second-order valence-electron chi connectivity index (χ2n) is 7.98. The minimum atomic E-state index is -0.199. The van der Waals surface area contributed by atoms with Gasteiger partial charge in [0.1, 0.15) is 17.1 Å². The van der Waals surface area contributed by atoms with Crippen LogP contribution in [0.1, 0.15) is 43.0 Å². The molecule has 1 amide bonds. The van der Waals surface area contributed by atoms with Crippen LogP contribution in [0.4, 0.5) is 11.5 Å². The first-order valence-electron chi connectivity index (χ1n) is 11.2. The van der Waals surface area contributed by atoms with Crippen molar-refractivity contribution in [2.45, 2.75) is 32.6 Å². The third-order valence-electron chi connectivity index (χ3n) is 5.59. The second kappa shape index (κ2) is 10.7.